The summed E-state index contributed by atoms with van der Waals surface area (Å²) in [5.74, 6) is -1.40. The van der Waals surface area contributed by atoms with Crippen LogP contribution in [-0.4, -0.2) is 27.3 Å². The molecule has 9 heteroatoms. The summed E-state index contributed by atoms with van der Waals surface area (Å²) in [4.78, 5) is 37.8. The van der Waals surface area contributed by atoms with Crippen LogP contribution in [0.1, 0.15) is 23.0 Å². The number of hydrogen-bond donors (Lipinski definition) is 2. The van der Waals surface area contributed by atoms with Crippen LogP contribution in [-0.2, 0) is 16.6 Å². The van der Waals surface area contributed by atoms with Gasteiger partial charge >= 0.3 is 5.97 Å². The molecule has 1 heterocycles. The topological polar surface area (TPSA) is 108 Å². The first-order chi connectivity index (χ1) is 14.2. The van der Waals surface area contributed by atoms with Crippen molar-refractivity contribution in [1.29, 1.82) is 0 Å². The molecule has 8 nitrogen and oxygen atoms in total. The Morgan fingerprint density at radius 3 is 2.47 bits per heavy atom. The van der Waals surface area contributed by atoms with E-state index in [1.165, 1.54) is 29.8 Å². The van der Waals surface area contributed by atoms with Crippen molar-refractivity contribution in [2.24, 2.45) is 7.05 Å². The maximum Gasteiger partial charge on any atom is 0.341 e. The van der Waals surface area contributed by atoms with Gasteiger partial charge in [-0.15, -0.1) is 0 Å². The molecule has 0 radical (unpaired) electrons. The number of carbonyl (C=O) groups is 2. The Kier molecular flexibility index (Phi) is 5.98. The van der Waals surface area contributed by atoms with Gasteiger partial charge in [-0.3, -0.25) is 14.3 Å². The lowest BCUT2D eigenvalue weighted by atomic mass is 10.2. The molecule has 3 N–H and O–H groups in total. The molecule has 0 unspecified atom stereocenters. The van der Waals surface area contributed by atoms with Gasteiger partial charge in [0.15, 0.2) is 6.10 Å². The average Bonchev–Trinajstić information content (AvgIpc) is 2.91. The molecule has 3 aromatic rings. The maximum absolute atomic E-state index is 12.9. The van der Waals surface area contributed by atoms with Crippen LogP contribution < -0.4 is 16.6 Å². The number of benzene rings is 2. The Bertz CT molecular complexity index is 1170. The number of nitrogens with one attached hydrogen (secondary N) is 1. The van der Waals surface area contributed by atoms with Crippen LogP contribution in [0, 0.1) is 6.92 Å². The van der Waals surface area contributed by atoms with Gasteiger partial charge < -0.3 is 15.8 Å². The Balaban J connectivity index is 1.79. The predicted molar refractivity (Wildman–Crippen MR) is 115 cm³/mol. The van der Waals surface area contributed by atoms with Crippen molar-refractivity contribution in [3.63, 3.8) is 0 Å². The lowest BCUT2D eigenvalue weighted by Gasteiger charge is -2.14. The predicted octanol–water partition coefficient (Wildman–Crippen LogP) is 2.90. The van der Waals surface area contributed by atoms with Crippen molar-refractivity contribution in [3.05, 3.63) is 75.2 Å². The molecule has 0 saturated heterocycles. The molecule has 1 atom stereocenters. The van der Waals surface area contributed by atoms with Crippen molar-refractivity contribution in [2.75, 3.05) is 11.1 Å². The molecule has 1 amide bonds. The molecule has 0 aliphatic rings. The molecule has 0 aliphatic heterocycles. The number of ether oxygens (including phenoxy) is 1. The van der Waals surface area contributed by atoms with Crippen molar-refractivity contribution in [1.82, 2.24) is 9.36 Å². The van der Waals surface area contributed by atoms with E-state index in [0.717, 1.165) is 0 Å². The summed E-state index contributed by atoms with van der Waals surface area (Å²) >= 11 is 5.83. The van der Waals surface area contributed by atoms with Gasteiger partial charge in [0.05, 0.1) is 16.9 Å². The van der Waals surface area contributed by atoms with E-state index in [1.54, 1.807) is 30.8 Å². The fourth-order valence-electron chi connectivity index (χ4n) is 2.93. The lowest BCUT2D eigenvalue weighted by Crippen LogP contribution is -2.32. The summed E-state index contributed by atoms with van der Waals surface area (Å²) in [6.45, 7) is 3.12. The number of para-hydroxylation sites is 1. The van der Waals surface area contributed by atoms with Crippen LogP contribution in [0.2, 0.25) is 5.02 Å². The normalized spacial score (nSPS) is 11.7. The number of nitrogen functional groups attached to an aromatic ring is 1. The highest BCUT2D eigenvalue weighted by Crippen LogP contribution is 2.20. The van der Waals surface area contributed by atoms with Crippen LogP contribution in [0.4, 0.5) is 11.4 Å². The summed E-state index contributed by atoms with van der Waals surface area (Å²) in [7, 11) is 1.71. The highest BCUT2D eigenvalue weighted by atomic mass is 35.5. The summed E-state index contributed by atoms with van der Waals surface area (Å²) in [5.41, 5.74) is 6.95. The molecule has 0 fully saturated rings. The molecule has 3 rings (SSSR count). The molecule has 30 heavy (non-hydrogen) atoms. The number of halogens is 1. The monoisotopic (exact) mass is 428 g/mol. The van der Waals surface area contributed by atoms with Gasteiger partial charge in [0.2, 0.25) is 0 Å². The summed E-state index contributed by atoms with van der Waals surface area (Å²) in [5, 5.41) is 2.95. The standard InChI is InChI=1S/C21H21ClN4O4/c1-12-18(20(28)26(25(12)3)15-7-5-4-6-8-15)24-19(27)13(2)30-21(29)16-10-9-14(22)11-17(16)23/h4-11,13H,23H2,1-3H3,(H,24,27)/t13-/m0/s1. The number of aromatic nitrogens is 2. The Hall–Kier alpha value is -3.52. The highest BCUT2D eigenvalue weighted by molar-refractivity contribution is 6.31. The number of nitrogens with zero attached hydrogens (tertiary/aromatic N) is 2. The summed E-state index contributed by atoms with van der Waals surface area (Å²) in [6.07, 6.45) is -1.16. The minimum absolute atomic E-state index is 0.0985. The molecular formula is C21H21ClN4O4. The molecule has 0 spiro atoms. The van der Waals surface area contributed by atoms with E-state index in [1.807, 2.05) is 18.2 Å². The van der Waals surface area contributed by atoms with E-state index in [9.17, 15) is 14.4 Å². The van der Waals surface area contributed by atoms with Crippen LogP contribution in [0.3, 0.4) is 0 Å². The van der Waals surface area contributed by atoms with Crippen molar-refractivity contribution in [3.8, 4) is 5.69 Å². The highest BCUT2D eigenvalue weighted by Gasteiger charge is 2.24. The number of rotatable bonds is 5. The minimum Gasteiger partial charge on any atom is -0.449 e. The van der Waals surface area contributed by atoms with Crippen LogP contribution >= 0.6 is 11.6 Å². The van der Waals surface area contributed by atoms with E-state index in [-0.39, 0.29) is 16.9 Å². The number of hydrogen-bond acceptors (Lipinski definition) is 5. The number of anilines is 2. The first-order valence-corrected chi connectivity index (χ1v) is 9.49. The third-order valence-electron chi connectivity index (χ3n) is 4.69. The van der Waals surface area contributed by atoms with Crippen LogP contribution in [0.5, 0.6) is 0 Å². The Morgan fingerprint density at radius 2 is 1.83 bits per heavy atom. The van der Waals surface area contributed by atoms with Crippen molar-refractivity contribution >= 4 is 34.9 Å². The van der Waals surface area contributed by atoms with E-state index in [0.29, 0.717) is 16.4 Å². The zero-order chi connectivity index (χ0) is 22.0. The SMILES string of the molecule is Cc1c(NC(=O)[C@H](C)OC(=O)c2ccc(Cl)cc2N)c(=O)n(-c2ccccc2)n1C. The minimum atomic E-state index is -1.16. The van der Waals surface area contributed by atoms with Gasteiger partial charge in [-0.1, -0.05) is 29.8 Å². The van der Waals surface area contributed by atoms with E-state index < -0.39 is 23.5 Å². The number of nitrogens with two attached hydrogens (primary N) is 1. The average molecular weight is 429 g/mol. The zero-order valence-corrected chi connectivity index (χ0v) is 17.4. The second-order valence-corrected chi connectivity index (χ2v) is 7.14. The molecular weight excluding hydrogens is 408 g/mol. The third-order valence-corrected chi connectivity index (χ3v) is 4.92. The Morgan fingerprint density at radius 1 is 1.17 bits per heavy atom. The van der Waals surface area contributed by atoms with E-state index in [2.05, 4.69) is 5.32 Å². The quantitative estimate of drug-likeness (QED) is 0.479. The number of amides is 1. The van der Waals surface area contributed by atoms with Gasteiger partial charge in [-0.25, -0.2) is 9.48 Å². The molecule has 156 valence electrons. The zero-order valence-electron chi connectivity index (χ0n) is 16.7. The first kappa shape index (κ1) is 21.2. The lowest BCUT2D eigenvalue weighted by molar-refractivity contribution is -0.123. The van der Waals surface area contributed by atoms with Gasteiger partial charge in [-0.2, -0.15) is 0 Å². The molecule has 0 saturated carbocycles. The number of esters is 1. The van der Waals surface area contributed by atoms with E-state index in [4.69, 9.17) is 22.1 Å². The van der Waals surface area contributed by atoms with E-state index >= 15 is 0 Å². The fraction of sp³-hybridized carbons (Fsp3) is 0.190. The summed E-state index contributed by atoms with van der Waals surface area (Å²) < 4.78 is 8.28. The number of carbonyl (C=O) groups excluding carboxylic acids is 2. The second-order valence-electron chi connectivity index (χ2n) is 6.70. The van der Waals surface area contributed by atoms with Gasteiger partial charge in [0.1, 0.15) is 5.69 Å². The molecule has 0 aliphatic carbocycles. The smallest absolute Gasteiger partial charge is 0.341 e. The fourth-order valence-corrected chi connectivity index (χ4v) is 3.11. The summed E-state index contributed by atoms with van der Waals surface area (Å²) in [6, 6.07) is 13.4. The molecule has 0 bridgehead atoms. The maximum atomic E-state index is 12.9. The largest absolute Gasteiger partial charge is 0.449 e. The first-order valence-electron chi connectivity index (χ1n) is 9.11. The second kappa shape index (κ2) is 8.46. The molecule has 1 aromatic heterocycles. The van der Waals surface area contributed by atoms with Crippen LogP contribution in [0.15, 0.2) is 53.3 Å². The van der Waals surface area contributed by atoms with Gasteiger partial charge in [-0.05, 0) is 44.2 Å². The molecule has 2 aromatic carbocycles. The van der Waals surface area contributed by atoms with Gasteiger partial charge in [0, 0.05) is 17.8 Å². The third kappa shape index (κ3) is 4.08. The Labute approximate surface area is 177 Å². The van der Waals surface area contributed by atoms with Crippen molar-refractivity contribution < 1.29 is 14.3 Å². The van der Waals surface area contributed by atoms with Crippen molar-refractivity contribution in [2.45, 2.75) is 20.0 Å². The van der Waals surface area contributed by atoms with Gasteiger partial charge in [0.25, 0.3) is 11.5 Å². The van der Waals surface area contributed by atoms with Crippen LogP contribution in [0.25, 0.3) is 5.69 Å².